The summed E-state index contributed by atoms with van der Waals surface area (Å²) in [7, 11) is 0. The summed E-state index contributed by atoms with van der Waals surface area (Å²) in [6.07, 6.45) is -1.25. The Kier molecular flexibility index (Phi) is 6.07. The molecule has 0 saturated heterocycles. The van der Waals surface area contributed by atoms with Gasteiger partial charge in [0, 0.05) is 0 Å². The highest BCUT2D eigenvalue weighted by Crippen LogP contribution is 2.41. The van der Waals surface area contributed by atoms with Crippen LogP contribution in [0.25, 0.3) is 21.7 Å². The van der Waals surface area contributed by atoms with Crippen LogP contribution in [0.15, 0.2) is 39.5 Å². The van der Waals surface area contributed by atoms with Crippen molar-refractivity contribution in [1.82, 2.24) is 0 Å². The van der Waals surface area contributed by atoms with Crippen molar-refractivity contribution < 1.29 is 36.3 Å². The molecule has 0 amide bonds. The molecule has 9 heteroatoms. The second kappa shape index (κ2) is 8.28. The van der Waals surface area contributed by atoms with Crippen LogP contribution in [0.2, 0.25) is 0 Å². The molecule has 0 aliphatic carbocycles. The first-order valence-electron chi connectivity index (χ1n) is 9.69. The molecule has 1 N–H and O–H groups in total. The molecule has 31 heavy (non-hydrogen) atoms. The normalized spacial score (nSPS) is 12.6. The molecule has 0 bridgehead atoms. The number of hydrogen-bond donors (Lipinski definition) is 1. The van der Waals surface area contributed by atoms with Gasteiger partial charge in [-0.1, -0.05) is 50.5 Å². The second-order valence-corrected chi connectivity index (χ2v) is 7.32. The molecule has 3 aromatic rings. The van der Waals surface area contributed by atoms with Gasteiger partial charge in [-0.2, -0.15) is 22.0 Å². The molecule has 0 fully saturated rings. The van der Waals surface area contributed by atoms with Crippen LogP contribution in [-0.2, 0) is 6.42 Å². The van der Waals surface area contributed by atoms with Crippen molar-refractivity contribution in [2.24, 2.45) is 0 Å². The standard InChI is InChI=1S/C22H19F5O4/c1-2-3-4-5-6-12-7-9-14-13(11-12)8-10-15-16(14)18(28)17(20(30)31-15)19(29)21(23,24)22(25,26)27/h7-11,28H,2-6H2,1H3. The zero-order valence-corrected chi connectivity index (χ0v) is 16.5. The van der Waals surface area contributed by atoms with Crippen molar-refractivity contribution in [2.75, 3.05) is 0 Å². The predicted molar refractivity (Wildman–Crippen MR) is 105 cm³/mol. The van der Waals surface area contributed by atoms with Crippen LogP contribution in [0.1, 0.15) is 48.5 Å². The van der Waals surface area contributed by atoms with Crippen LogP contribution in [-0.4, -0.2) is 23.0 Å². The fourth-order valence-electron chi connectivity index (χ4n) is 3.46. The molecule has 0 atom stereocenters. The number of halogens is 5. The highest BCUT2D eigenvalue weighted by Gasteiger charge is 2.64. The minimum absolute atomic E-state index is 0.238. The van der Waals surface area contributed by atoms with E-state index in [2.05, 4.69) is 6.92 Å². The van der Waals surface area contributed by atoms with Gasteiger partial charge in [0.2, 0.25) is 0 Å². The summed E-state index contributed by atoms with van der Waals surface area (Å²) in [5.41, 5.74) is -2.77. The van der Waals surface area contributed by atoms with Crippen LogP contribution in [0.3, 0.4) is 0 Å². The molecule has 2 aromatic carbocycles. The van der Waals surface area contributed by atoms with Gasteiger partial charge in [-0.05, 0) is 35.2 Å². The maximum absolute atomic E-state index is 13.5. The van der Waals surface area contributed by atoms with Crippen molar-refractivity contribution in [1.29, 1.82) is 0 Å². The molecule has 4 nitrogen and oxygen atoms in total. The lowest BCUT2D eigenvalue weighted by Gasteiger charge is -2.18. The van der Waals surface area contributed by atoms with E-state index < -0.39 is 34.8 Å². The molecule has 1 aromatic heterocycles. The van der Waals surface area contributed by atoms with E-state index in [0.717, 1.165) is 37.7 Å². The Morgan fingerprint density at radius 1 is 1.03 bits per heavy atom. The molecule has 0 radical (unpaired) electrons. The monoisotopic (exact) mass is 442 g/mol. The summed E-state index contributed by atoms with van der Waals surface area (Å²) in [5, 5.41) is 10.9. The molecule has 0 aliphatic heterocycles. The first kappa shape index (κ1) is 22.7. The molecule has 0 spiro atoms. The summed E-state index contributed by atoms with van der Waals surface area (Å²) in [6, 6.07) is 7.92. The fourth-order valence-corrected chi connectivity index (χ4v) is 3.46. The summed E-state index contributed by atoms with van der Waals surface area (Å²) in [4.78, 5) is 23.9. The van der Waals surface area contributed by atoms with Gasteiger partial charge in [-0.3, -0.25) is 4.79 Å². The van der Waals surface area contributed by atoms with Crippen molar-refractivity contribution in [3.8, 4) is 5.75 Å². The van der Waals surface area contributed by atoms with Crippen LogP contribution >= 0.6 is 0 Å². The fraction of sp³-hybridized carbons (Fsp3) is 0.364. The van der Waals surface area contributed by atoms with E-state index in [9.17, 15) is 36.6 Å². The number of hydrogen-bond acceptors (Lipinski definition) is 4. The Hall–Kier alpha value is -2.97. The van der Waals surface area contributed by atoms with Crippen LogP contribution in [0.4, 0.5) is 22.0 Å². The Morgan fingerprint density at radius 2 is 1.74 bits per heavy atom. The molecular formula is C22H19F5O4. The summed E-state index contributed by atoms with van der Waals surface area (Å²) >= 11 is 0. The number of ketones is 1. The Bertz CT molecular complexity index is 1190. The van der Waals surface area contributed by atoms with Gasteiger partial charge in [0.1, 0.15) is 11.3 Å². The average molecular weight is 442 g/mol. The maximum atomic E-state index is 13.5. The number of fused-ring (bicyclic) bond motifs is 3. The van der Waals surface area contributed by atoms with E-state index in [1.807, 2.05) is 0 Å². The second-order valence-electron chi connectivity index (χ2n) is 7.32. The number of unbranched alkanes of at least 4 members (excludes halogenated alkanes) is 3. The number of rotatable bonds is 7. The molecule has 0 unspecified atom stereocenters. The van der Waals surface area contributed by atoms with E-state index >= 15 is 0 Å². The van der Waals surface area contributed by atoms with E-state index in [1.54, 1.807) is 24.3 Å². The molecular weight excluding hydrogens is 423 g/mol. The van der Waals surface area contributed by atoms with Crippen LogP contribution in [0.5, 0.6) is 5.75 Å². The minimum atomic E-state index is -6.23. The van der Waals surface area contributed by atoms with Gasteiger partial charge < -0.3 is 9.52 Å². The SMILES string of the molecule is CCCCCCc1ccc2c(ccc3oc(=O)c(C(=O)C(F)(F)C(F)(F)F)c(O)c32)c1. The third kappa shape index (κ3) is 4.13. The number of Topliss-reactive ketones (excluding diaryl/α,β-unsaturated/α-hetero) is 1. The van der Waals surface area contributed by atoms with E-state index in [4.69, 9.17) is 4.42 Å². The van der Waals surface area contributed by atoms with Crippen LogP contribution < -0.4 is 5.63 Å². The van der Waals surface area contributed by atoms with E-state index in [1.165, 1.54) is 6.07 Å². The Balaban J connectivity index is 2.14. The Morgan fingerprint density at radius 3 is 2.39 bits per heavy atom. The predicted octanol–water partition coefficient (Wildman–Crippen LogP) is 6.15. The lowest BCUT2D eigenvalue weighted by molar-refractivity contribution is -0.255. The van der Waals surface area contributed by atoms with Crippen molar-refractivity contribution in [3.05, 3.63) is 51.9 Å². The molecule has 0 saturated carbocycles. The number of carbonyl (C=O) groups is 1. The zero-order chi connectivity index (χ0) is 23.0. The number of aryl methyl sites for hydroxylation is 1. The minimum Gasteiger partial charge on any atom is -0.506 e. The van der Waals surface area contributed by atoms with Crippen molar-refractivity contribution >= 4 is 27.5 Å². The maximum Gasteiger partial charge on any atom is 0.461 e. The molecule has 1 heterocycles. The van der Waals surface area contributed by atoms with Gasteiger partial charge >= 0.3 is 17.7 Å². The zero-order valence-electron chi connectivity index (χ0n) is 16.5. The molecule has 0 aliphatic rings. The van der Waals surface area contributed by atoms with Gasteiger partial charge in [0.25, 0.3) is 5.78 Å². The lowest BCUT2D eigenvalue weighted by Crippen LogP contribution is -2.45. The third-order valence-electron chi connectivity index (χ3n) is 5.11. The Labute approximate surface area is 173 Å². The van der Waals surface area contributed by atoms with Gasteiger partial charge in [-0.25, -0.2) is 4.79 Å². The quantitative estimate of drug-likeness (QED) is 0.157. The van der Waals surface area contributed by atoms with E-state index in [-0.39, 0.29) is 16.4 Å². The van der Waals surface area contributed by atoms with Crippen molar-refractivity contribution in [3.63, 3.8) is 0 Å². The first-order valence-corrected chi connectivity index (χ1v) is 9.69. The number of aromatic hydroxyl groups is 1. The van der Waals surface area contributed by atoms with Gasteiger partial charge in [-0.15, -0.1) is 0 Å². The summed E-state index contributed by atoms with van der Waals surface area (Å²) in [5.74, 6) is -9.98. The van der Waals surface area contributed by atoms with Crippen LogP contribution in [0, 0.1) is 0 Å². The van der Waals surface area contributed by atoms with E-state index in [0.29, 0.717) is 5.39 Å². The first-order chi connectivity index (χ1) is 14.5. The summed E-state index contributed by atoms with van der Waals surface area (Å²) < 4.78 is 69.7. The third-order valence-corrected chi connectivity index (χ3v) is 5.11. The average Bonchev–Trinajstić information content (AvgIpc) is 2.69. The number of benzene rings is 2. The van der Waals surface area contributed by atoms with Gasteiger partial charge in [0.05, 0.1) is 5.39 Å². The summed E-state index contributed by atoms with van der Waals surface area (Å²) in [6.45, 7) is 2.09. The van der Waals surface area contributed by atoms with Gasteiger partial charge in [0.15, 0.2) is 5.56 Å². The number of carbonyl (C=O) groups excluding carboxylic acids is 1. The lowest BCUT2D eigenvalue weighted by atomic mass is 9.97. The topological polar surface area (TPSA) is 67.5 Å². The highest BCUT2D eigenvalue weighted by molar-refractivity contribution is 6.14. The molecule has 3 rings (SSSR count). The smallest absolute Gasteiger partial charge is 0.461 e. The largest absolute Gasteiger partial charge is 0.506 e. The number of alkyl halides is 5. The van der Waals surface area contributed by atoms with Crippen molar-refractivity contribution in [2.45, 2.75) is 51.1 Å². The highest BCUT2D eigenvalue weighted by atomic mass is 19.4. The molecule has 166 valence electrons.